The van der Waals surface area contributed by atoms with E-state index in [1.54, 1.807) is 0 Å². The van der Waals surface area contributed by atoms with Gasteiger partial charge in [0.15, 0.2) is 0 Å². The molecule has 1 unspecified atom stereocenters. The average Bonchev–Trinajstić information content (AvgIpc) is 3.12. The smallest absolute Gasteiger partial charge is 0.326 e. The number of carboxylic acid groups (broad SMARTS) is 1. The van der Waals surface area contributed by atoms with E-state index in [2.05, 4.69) is 12.2 Å². The minimum Gasteiger partial charge on any atom is -0.480 e. The quantitative estimate of drug-likeness (QED) is 0.842. The first-order chi connectivity index (χ1) is 9.02. The largest absolute Gasteiger partial charge is 0.480 e. The number of rotatable bonds is 6. The van der Waals surface area contributed by atoms with Gasteiger partial charge in [0.1, 0.15) is 6.04 Å². The molecule has 0 spiro atoms. The number of thiophene rings is 1. The number of amides is 1. The number of carbonyl (C=O) groups excluding carboxylic acids is 1. The number of aryl methyl sites for hydroxylation is 2. The van der Waals surface area contributed by atoms with Gasteiger partial charge >= 0.3 is 5.97 Å². The van der Waals surface area contributed by atoms with E-state index >= 15 is 0 Å². The highest BCUT2D eigenvalue weighted by atomic mass is 32.1. The number of hydrogen-bond acceptors (Lipinski definition) is 3. The Morgan fingerprint density at radius 2 is 2.21 bits per heavy atom. The summed E-state index contributed by atoms with van der Waals surface area (Å²) in [4.78, 5) is 25.0. The lowest BCUT2D eigenvalue weighted by molar-refractivity contribution is -0.139. The highest BCUT2D eigenvalue weighted by molar-refractivity contribution is 7.14. The first kappa shape index (κ1) is 14.1. The Kier molecular flexibility index (Phi) is 4.24. The Labute approximate surface area is 116 Å². The predicted octanol–water partition coefficient (Wildman–Crippen LogP) is 2.60. The maximum absolute atomic E-state index is 12.1. The molecule has 1 aliphatic carbocycles. The molecule has 0 aliphatic heterocycles. The monoisotopic (exact) mass is 281 g/mol. The van der Waals surface area contributed by atoms with Crippen molar-refractivity contribution in [2.75, 3.05) is 0 Å². The lowest BCUT2D eigenvalue weighted by atomic mass is 10.1. The molecule has 0 bridgehead atoms. The zero-order valence-corrected chi connectivity index (χ0v) is 12.0. The fourth-order valence-corrected chi connectivity index (χ4v) is 3.15. The molecule has 1 saturated carbocycles. The second kappa shape index (κ2) is 5.74. The molecule has 1 heterocycles. The Hall–Kier alpha value is -1.36. The minimum absolute atomic E-state index is 0.109. The molecule has 1 aromatic rings. The van der Waals surface area contributed by atoms with Crippen LogP contribution in [0.1, 0.15) is 46.3 Å². The van der Waals surface area contributed by atoms with Crippen LogP contribution in [0.5, 0.6) is 0 Å². The second-order valence-corrected chi connectivity index (χ2v) is 6.33. The van der Waals surface area contributed by atoms with E-state index < -0.39 is 12.0 Å². The van der Waals surface area contributed by atoms with Gasteiger partial charge in [-0.05, 0) is 43.7 Å². The topological polar surface area (TPSA) is 66.4 Å². The fourth-order valence-electron chi connectivity index (χ4n) is 2.17. The average molecular weight is 281 g/mol. The van der Waals surface area contributed by atoms with Gasteiger partial charge in [0.2, 0.25) is 0 Å². The normalized spacial score (nSPS) is 16.1. The zero-order chi connectivity index (χ0) is 14.0. The number of carbonyl (C=O) groups is 2. The first-order valence-corrected chi connectivity index (χ1v) is 7.47. The minimum atomic E-state index is -0.932. The van der Waals surface area contributed by atoms with Crippen molar-refractivity contribution in [3.8, 4) is 0 Å². The molecule has 1 atom stereocenters. The highest BCUT2D eigenvalue weighted by Gasteiger charge is 2.37. The molecule has 4 nitrogen and oxygen atoms in total. The summed E-state index contributed by atoms with van der Waals surface area (Å²) in [6.07, 6.45) is 3.78. The number of aliphatic carboxylic acids is 1. The summed E-state index contributed by atoms with van der Waals surface area (Å²) in [5.74, 6) is -1.08. The van der Waals surface area contributed by atoms with Crippen LogP contribution in [0.4, 0.5) is 0 Å². The maximum atomic E-state index is 12.1. The number of carboxylic acids is 1. The third kappa shape index (κ3) is 3.35. The summed E-state index contributed by atoms with van der Waals surface area (Å²) in [5, 5.41) is 11.8. The molecular formula is C14H19NO3S. The summed E-state index contributed by atoms with van der Waals surface area (Å²) in [6.45, 7) is 4.10. The third-order valence-electron chi connectivity index (χ3n) is 3.41. The van der Waals surface area contributed by atoms with Crippen LogP contribution in [0, 0.1) is 12.8 Å². The molecule has 1 amide bonds. The van der Waals surface area contributed by atoms with Crippen LogP contribution in [0.25, 0.3) is 0 Å². The molecule has 19 heavy (non-hydrogen) atoms. The predicted molar refractivity (Wildman–Crippen MR) is 74.7 cm³/mol. The van der Waals surface area contributed by atoms with Crippen molar-refractivity contribution in [2.45, 2.75) is 45.6 Å². The van der Waals surface area contributed by atoms with Crippen molar-refractivity contribution >= 4 is 23.2 Å². The summed E-state index contributed by atoms with van der Waals surface area (Å²) < 4.78 is 0. The Bertz CT molecular complexity index is 491. The molecule has 2 rings (SSSR count). The van der Waals surface area contributed by atoms with Gasteiger partial charge in [0.05, 0.1) is 4.88 Å². The number of hydrogen-bond donors (Lipinski definition) is 2. The molecule has 0 radical (unpaired) electrons. The van der Waals surface area contributed by atoms with Gasteiger partial charge in [-0.25, -0.2) is 4.79 Å². The van der Waals surface area contributed by atoms with E-state index in [0.717, 1.165) is 30.6 Å². The van der Waals surface area contributed by atoms with Gasteiger partial charge in [0.25, 0.3) is 5.91 Å². The van der Waals surface area contributed by atoms with E-state index in [9.17, 15) is 9.59 Å². The van der Waals surface area contributed by atoms with Gasteiger partial charge in [0, 0.05) is 4.88 Å². The SMILES string of the molecule is CCCc1cc(C(=O)NC(C(=O)O)C2CC2)sc1C. The van der Waals surface area contributed by atoms with Crippen molar-refractivity contribution in [3.63, 3.8) is 0 Å². The Morgan fingerprint density at radius 1 is 1.53 bits per heavy atom. The van der Waals surface area contributed by atoms with E-state index in [4.69, 9.17) is 5.11 Å². The van der Waals surface area contributed by atoms with Crippen LogP contribution in [0.3, 0.4) is 0 Å². The van der Waals surface area contributed by atoms with E-state index in [-0.39, 0.29) is 11.8 Å². The lowest BCUT2D eigenvalue weighted by Crippen LogP contribution is -2.42. The van der Waals surface area contributed by atoms with Gasteiger partial charge < -0.3 is 10.4 Å². The molecule has 1 fully saturated rings. The molecular weight excluding hydrogens is 262 g/mol. The summed E-state index contributed by atoms with van der Waals surface area (Å²) in [5.41, 5.74) is 1.19. The van der Waals surface area contributed by atoms with Crippen molar-refractivity contribution < 1.29 is 14.7 Å². The van der Waals surface area contributed by atoms with Crippen molar-refractivity contribution in [1.82, 2.24) is 5.32 Å². The van der Waals surface area contributed by atoms with E-state index in [1.165, 1.54) is 16.9 Å². The van der Waals surface area contributed by atoms with Gasteiger partial charge in [-0.15, -0.1) is 11.3 Å². The number of nitrogens with one attached hydrogen (secondary N) is 1. The molecule has 2 N–H and O–H groups in total. The van der Waals surface area contributed by atoms with E-state index in [1.807, 2.05) is 13.0 Å². The molecule has 1 aliphatic rings. The van der Waals surface area contributed by atoms with Crippen LogP contribution in [0.2, 0.25) is 0 Å². The van der Waals surface area contributed by atoms with Crippen molar-refractivity contribution in [2.24, 2.45) is 5.92 Å². The molecule has 104 valence electrons. The molecule has 5 heteroatoms. The van der Waals surface area contributed by atoms with Crippen LogP contribution < -0.4 is 5.32 Å². The summed E-state index contributed by atoms with van der Waals surface area (Å²) in [6, 6.07) is 1.16. The second-order valence-electron chi connectivity index (χ2n) is 5.07. The van der Waals surface area contributed by atoms with Crippen LogP contribution in [-0.2, 0) is 11.2 Å². The van der Waals surface area contributed by atoms with Crippen molar-refractivity contribution in [3.05, 3.63) is 21.4 Å². The maximum Gasteiger partial charge on any atom is 0.326 e. The van der Waals surface area contributed by atoms with Gasteiger partial charge in [-0.2, -0.15) is 0 Å². The van der Waals surface area contributed by atoms with Crippen LogP contribution in [0.15, 0.2) is 6.07 Å². The molecule has 0 saturated heterocycles. The zero-order valence-electron chi connectivity index (χ0n) is 11.2. The summed E-state index contributed by atoms with van der Waals surface area (Å²) in [7, 11) is 0. The standard InChI is InChI=1S/C14H19NO3S/c1-3-4-10-7-11(19-8(10)2)13(16)15-12(14(17)18)9-5-6-9/h7,9,12H,3-6H2,1-2H3,(H,15,16)(H,17,18). The first-order valence-electron chi connectivity index (χ1n) is 6.66. The molecule has 0 aromatic carbocycles. The third-order valence-corrected chi connectivity index (χ3v) is 4.50. The van der Waals surface area contributed by atoms with E-state index in [0.29, 0.717) is 4.88 Å². The van der Waals surface area contributed by atoms with Crippen LogP contribution in [-0.4, -0.2) is 23.0 Å². The van der Waals surface area contributed by atoms with Crippen molar-refractivity contribution in [1.29, 1.82) is 0 Å². The fraction of sp³-hybridized carbons (Fsp3) is 0.571. The summed E-state index contributed by atoms with van der Waals surface area (Å²) >= 11 is 1.44. The Morgan fingerprint density at radius 3 is 2.74 bits per heavy atom. The van der Waals surface area contributed by atoms with Gasteiger partial charge in [-0.3, -0.25) is 4.79 Å². The van der Waals surface area contributed by atoms with Crippen LogP contribution >= 0.6 is 11.3 Å². The lowest BCUT2D eigenvalue weighted by Gasteiger charge is -2.12. The van der Waals surface area contributed by atoms with Gasteiger partial charge in [-0.1, -0.05) is 13.3 Å². The Balaban J connectivity index is 2.06. The molecule has 1 aromatic heterocycles. The highest BCUT2D eigenvalue weighted by Crippen LogP contribution is 2.33.